The molecule has 4 heteroatoms. The Bertz CT molecular complexity index is 523. The maximum Gasteiger partial charge on any atom is 0.340 e. The van der Waals surface area contributed by atoms with E-state index in [1.165, 1.54) is 7.11 Å². The molecule has 76 valence electrons. The van der Waals surface area contributed by atoms with Crippen LogP contribution in [0.3, 0.4) is 0 Å². The Balaban J connectivity index is 2.71. The molecule has 0 aliphatic carbocycles. The number of nitrogens with zero attached hydrogens (tertiary/aromatic N) is 2. The van der Waals surface area contributed by atoms with E-state index in [-0.39, 0.29) is 0 Å². The summed E-state index contributed by atoms with van der Waals surface area (Å²) < 4.78 is 4.67. The van der Waals surface area contributed by atoms with Crippen LogP contribution in [0.4, 0.5) is 0 Å². The molecule has 1 heterocycles. The van der Waals surface area contributed by atoms with Crippen molar-refractivity contribution in [3.63, 3.8) is 0 Å². The zero-order chi connectivity index (χ0) is 10.8. The smallest absolute Gasteiger partial charge is 0.340 e. The largest absolute Gasteiger partial charge is 0.465 e. The molecule has 2 rings (SSSR count). The molecule has 0 fully saturated rings. The second-order valence-electron chi connectivity index (χ2n) is 3.18. The summed E-state index contributed by atoms with van der Waals surface area (Å²) in [6.07, 6.45) is 1.63. The summed E-state index contributed by atoms with van der Waals surface area (Å²) in [4.78, 5) is 19.9. The number of aryl methyl sites for hydroxylation is 1. The van der Waals surface area contributed by atoms with E-state index in [0.29, 0.717) is 16.6 Å². The van der Waals surface area contributed by atoms with Gasteiger partial charge in [-0.3, -0.25) is 4.98 Å². The number of rotatable bonds is 1. The van der Waals surface area contributed by atoms with Gasteiger partial charge in [-0.2, -0.15) is 0 Å². The molecule has 1 aromatic carbocycles. The van der Waals surface area contributed by atoms with Crippen LogP contribution in [0.5, 0.6) is 0 Å². The second-order valence-corrected chi connectivity index (χ2v) is 3.18. The number of aromatic nitrogens is 2. The minimum absolute atomic E-state index is 0.390. The Kier molecular flexibility index (Phi) is 2.33. The van der Waals surface area contributed by atoms with E-state index in [4.69, 9.17) is 0 Å². The number of carbonyl (C=O) groups excluding carboxylic acids is 1. The van der Waals surface area contributed by atoms with Gasteiger partial charge in [0.1, 0.15) is 5.52 Å². The van der Waals surface area contributed by atoms with Gasteiger partial charge in [0.2, 0.25) is 0 Å². The highest BCUT2D eigenvalue weighted by Crippen LogP contribution is 2.15. The van der Waals surface area contributed by atoms with Crippen LogP contribution < -0.4 is 0 Å². The lowest BCUT2D eigenvalue weighted by Crippen LogP contribution is -2.03. The van der Waals surface area contributed by atoms with E-state index < -0.39 is 5.97 Å². The molecule has 0 aliphatic rings. The summed E-state index contributed by atoms with van der Waals surface area (Å²) in [6, 6.07) is 5.27. The molecule has 15 heavy (non-hydrogen) atoms. The van der Waals surface area contributed by atoms with Gasteiger partial charge in [-0.15, -0.1) is 0 Å². The van der Waals surface area contributed by atoms with Crippen molar-refractivity contribution in [1.82, 2.24) is 9.97 Å². The predicted molar refractivity (Wildman–Crippen MR) is 55.6 cm³/mol. The van der Waals surface area contributed by atoms with Crippen LogP contribution in [0.2, 0.25) is 0 Å². The molecule has 0 radical (unpaired) electrons. The van der Waals surface area contributed by atoms with Gasteiger partial charge in [-0.1, -0.05) is 6.07 Å². The van der Waals surface area contributed by atoms with E-state index in [1.54, 1.807) is 18.3 Å². The number of hydrogen-bond acceptors (Lipinski definition) is 4. The first kappa shape index (κ1) is 9.58. The summed E-state index contributed by atoms with van der Waals surface area (Å²) in [5, 5.41) is 0. The first-order chi connectivity index (χ1) is 7.22. The highest BCUT2D eigenvalue weighted by molar-refractivity contribution is 6.01. The van der Waals surface area contributed by atoms with Crippen LogP contribution >= 0.6 is 0 Å². The molecule has 0 unspecified atom stereocenters. The summed E-state index contributed by atoms with van der Waals surface area (Å²) in [5.74, 6) is -0.390. The second kappa shape index (κ2) is 3.65. The van der Waals surface area contributed by atoms with Crippen LogP contribution in [0.25, 0.3) is 11.0 Å². The maximum atomic E-state index is 11.4. The lowest BCUT2D eigenvalue weighted by atomic mass is 10.2. The lowest BCUT2D eigenvalue weighted by Gasteiger charge is -2.03. The standard InChI is InChI=1S/C11H10N2O2/c1-7-6-12-10-8(11(14)15-2)4-3-5-9(10)13-7/h3-6H,1-2H3. The van der Waals surface area contributed by atoms with Crippen LogP contribution in [0.15, 0.2) is 24.4 Å². The minimum Gasteiger partial charge on any atom is -0.465 e. The zero-order valence-corrected chi connectivity index (χ0v) is 8.52. The van der Waals surface area contributed by atoms with Crippen molar-refractivity contribution in [2.75, 3.05) is 7.11 Å². The summed E-state index contributed by atoms with van der Waals surface area (Å²) in [7, 11) is 1.35. The Morgan fingerprint density at radius 1 is 1.40 bits per heavy atom. The number of fused-ring (bicyclic) bond motifs is 1. The van der Waals surface area contributed by atoms with Crippen molar-refractivity contribution < 1.29 is 9.53 Å². The fourth-order valence-electron chi connectivity index (χ4n) is 1.41. The molecule has 0 bridgehead atoms. The first-order valence-corrected chi connectivity index (χ1v) is 4.53. The van der Waals surface area contributed by atoms with Gasteiger partial charge in [0.25, 0.3) is 0 Å². The van der Waals surface area contributed by atoms with Gasteiger partial charge in [0, 0.05) is 6.20 Å². The molecule has 0 saturated carbocycles. The molecule has 0 amide bonds. The number of carbonyl (C=O) groups is 1. The van der Waals surface area contributed by atoms with Gasteiger partial charge in [-0.25, -0.2) is 9.78 Å². The van der Waals surface area contributed by atoms with Crippen molar-refractivity contribution >= 4 is 17.0 Å². The van der Waals surface area contributed by atoms with Gasteiger partial charge < -0.3 is 4.74 Å². The van der Waals surface area contributed by atoms with Crippen molar-refractivity contribution in [3.05, 3.63) is 35.7 Å². The molecule has 0 N–H and O–H groups in total. The number of hydrogen-bond donors (Lipinski definition) is 0. The third-order valence-corrected chi connectivity index (χ3v) is 2.10. The number of para-hydroxylation sites is 1. The van der Waals surface area contributed by atoms with Gasteiger partial charge >= 0.3 is 5.97 Å². The van der Waals surface area contributed by atoms with Crippen molar-refractivity contribution in [3.8, 4) is 0 Å². The Morgan fingerprint density at radius 3 is 2.93 bits per heavy atom. The minimum atomic E-state index is -0.390. The van der Waals surface area contributed by atoms with Crippen molar-refractivity contribution in [2.45, 2.75) is 6.92 Å². The van der Waals surface area contributed by atoms with E-state index in [1.807, 2.05) is 13.0 Å². The topological polar surface area (TPSA) is 52.1 Å². The molecule has 1 aromatic heterocycles. The fraction of sp³-hybridized carbons (Fsp3) is 0.182. The van der Waals surface area contributed by atoms with E-state index >= 15 is 0 Å². The fourth-order valence-corrected chi connectivity index (χ4v) is 1.41. The lowest BCUT2D eigenvalue weighted by molar-refractivity contribution is 0.0602. The summed E-state index contributed by atoms with van der Waals surface area (Å²) in [5.41, 5.74) is 2.56. The molecular weight excluding hydrogens is 192 g/mol. The SMILES string of the molecule is COC(=O)c1cccc2nc(C)cnc12. The monoisotopic (exact) mass is 202 g/mol. The number of benzene rings is 1. The zero-order valence-electron chi connectivity index (χ0n) is 8.52. The quantitative estimate of drug-likeness (QED) is 0.661. The molecule has 0 aliphatic heterocycles. The average Bonchev–Trinajstić information content (AvgIpc) is 2.26. The molecule has 2 aromatic rings. The summed E-state index contributed by atoms with van der Waals surface area (Å²) >= 11 is 0. The number of methoxy groups -OCH3 is 1. The first-order valence-electron chi connectivity index (χ1n) is 4.53. The molecule has 0 spiro atoms. The van der Waals surface area contributed by atoms with Crippen LogP contribution in [-0.2, 0) is 4.74 Å². The molecule has 0 saturated heterocycles. The van der Waals surface area contributed by atoms with Gasteiger partial charge in [-0.05, 0) is 19.1 Å². The van der Waals surface area contributed by atoms with Crippen molar-refractivity contribution in [2.24, 2.45) is 0 Å². The maximum absolute atomic E-state index is 11.4. The van der Waals surface area contributed by atoms with E-state index in [9.17, 15) is 4.79 Å². The Hall–Kier alpha value is -1.97. The Morgan fingerprint density at radius 2 is 2.20 bits per heavy atom. The third-order valence-electron chi connectivity index (χ3n) is 2.10. The number of ether oxygens (including phenoxy) is 1. The average molecular weight is 202 g/mol. The van der Waals surface area contributed by atoms with Gasteiger partial charge in [0.15, 0.2) is 0 Å². The van der Waals surface area contributed by atoms with Gasteiger partial charge in [0.05, 0.1) is 23.9 Å². The highest BCUT2D eigenvalue weighted by Gasteiger charge is 2.11. The highest BCUT2D eigenvalue weighted by atomic mass is 16.5. The third kappa shape index (κ3) is 1.66. The van der Waals surface area contributed by atoms with Crippen LogP contribution in [0.1, 0.15) is 16.1 Å². The van der Waals surface area contributed by atoms with Crippen LogP contribution in [0, 0.1) is 6.92 Å². The molecule has 4 nitrogen and oxygen atoms in total. The predicted octanol–water partition coefficient (Wildman–Crippen LogP) is 1.72. The molecule has 0 atom stereocenters. The molecular formula is C11H10N2O2. The van der Waals surface area contributed by atoms with E-state index in [0.717, 1.165) is 5.69 Å². The van der Waals surface area contributed by atoms with Crippen molar-refractivity contribution in [1.29, 1.82) is 0 Å². The Labute approximate surface area is 86.9 Å². The van der Waals surface area contributed by atoms with E-state index in [2.05, 4.69) is 14.7 Å². The number of esters is 1. The van der Waals surface area contributed by atoms with Crippen LogP contribution in [-0.4, -0.2) is 23.0 Å². The normalized spacial score (nSPS) is 10.3. The summed E-state index contributed by atoms with van der Waals surface area (Å²) in [6.45, 7) is 1.86.